The zero-order chi connectivity index (χ0) is 54.0. The maximum Gasteiger partial charge on any atom is 0.306 e. The molecule has 0 saturated carbocycles. The topological polar surface area (TPSA) is 175 Å². The first-order valence-corrected chi connectivity index (χ1v) is 28.9. The summed E-state index contributed by atoms with van der Waals surface area (Å²) in [6.45, 7) is 5.47. The Balaban J connectivity index is 2.78. The van der Waals surface area contributed by atoms with Gasteiger partial charge in [-0.25, -0.2) is 0 Å². The van der Waals surface area contributed by atoms with E-state index in [2.05, 4.69) is 99.0 Å². The van der Waals surface area contributed by atoms with Gasteiger partial charge in [-0.05, 0) is 89.9 Å². The molecule has 0 aromatic rings. The number of aliphatic hydroxyl groups is 5. The minimum Gasteiger partial charge on any atom is -0.454 e. The molecule has 0 spiro atoms. The molecule has 74 heavy (non-hydrogen) atoms. The van der Waals surface area contributed by atoms with Crippen LogP contribution in [0, 0.1) is 0 Å². The van der Waals surface area contributed by atoms with Gasteiger partial charge in [0.05, 0.1) is 25.4 Å². The van der Waals surface area contributed by atoms with Crippen LogP contribution in [-0.2, 0) is 23.8 Å². The number of amides is 1. The van der Waals surface area contributed by atoms with Crippen molar-refractivity contribution in [1.82, 2.24) is 5.32 Å². The van der Waals surface area contributed by atoms with Crippen LogP contribution in [-0.4, -0.2) is 99.6 Å². The van der Waals surface area contributed by atoms with Gasteiger partial charge in [0.2, 0.25) is 5.91 Å². The van der Waals surface area contributed by atoms with Crippen LogP contribution in [0.5, 0.6) is 0 Å². The highest BCUT2D eigenvalue weighted by Crippen LogP contribution is 2.26. The Morgan fingerprint density at radius 3 is 1.62 bits per heavy atom. The second-order valence-corrected chi connectivity index (χ2v) is 19.3. The first-order valence-electron chi connectivity index (χ1n) is 28.9. The highest BCUT2D eigenvalue weighted by atomic mass is 16.7. The molecule has 420 valence electrons. The second-order valence-electron chi connectivity index (χ2n) is 19.3. The molecule has 0 bridgehead atoms. The van der Waals surface area contributed by atoms with E-state index in [-0.39, 0.29) is 19.4 Å². The maximum atomic E-state index is 13.4. The Morgan fingerprint density at radius 1 is 0.554 bits per heavy atom. The maximum absolute atomic E-state index is 13.4. The molecular formula is C63H103NO10. The molecule has 11 heteroatoms. The summed E-state index contributed by atoms with van der Waals surface area (Å²) in [4.78, 5) is 26.5. The molecular weight excluding hydrogens is 931 g/mol. The zero-order valence-corrected chi connectivity index (χ0v) is 46.2. The molecule has 1 aliphatic rings. The normalized spacial score (nSPS) is 20.2. The van der Waals surface area contributed by atoms with E-state index in [1.165, 1.54) is 44.9 Å². The van der Waals surface area contributed by atoms with Crippen LogP contribution in [0.15, 0.2) is 122 Å². The molecule has 0 aliphatic carbocycles. The summed E-state index contributed by atoms with van der Waals surface area (Å²) in [6.07, 6.45) is 58.1. The molecule has 1 rings (SSSR count). The third-order valence-corrected chi connectivity index (χ3v) is 12.7. The molecule has 11 nitrogen and oxygen atoms in total. The van der Waals surface area contributed by atoms with Crippen LogP contribution in [0.1, 0.15) is 201 Å². The average Bonchev–Trinajstić information content (AvgIpc) is 3.40. The fourth-order valence-electron chi connectivity index (χ4n) is 8.16. The van der Waals surface area contributed by atoms with Crippen LogP contribution < -0.4 is 5.32 Å². The molecule has 1 fully saturated rings. The highest BCUT2D eigenvalue weighted by molar-refractivity contribution is 5.80. The third kappa shape index (κ3) is 37.7. The Morgan fingerprint density at radius 2 is 1.04 bits per heavy atom. The van der Waals surface area contributed by atoms with Crippen molar-refractivity contribution in [2.24, 2.45) is 0 Å². The summed E-state index contributed by atoms with van der Waals surface area (Å²) in [5.74, 6) is -1.27. The molecule has 1 saturated heterocycles. The molecule has 0 aromatic carbocycles. The number of aliphatic hydroxyl groups excluding tert-OH is 5. The average molecular weight is 1030 g/mol. The first-order chi connectivity index (χ1) is 36.2. The van der Waals surface area contributed by atoms with Gasteiger partial charge in [-0.15, -0.1) is 0 Å². The van der Waals surface area contributed by atoms with Gasteiger partial charge >= 0.3 is 5.97 Å². The lowest BCUT2D eigenvalue weighted by Crippen LogP contribution is -2.61. The molecule has 1 amide bonds. The molecule has 0 aromatic heterocycles. The number of unbranched alkanes of at least 4 members (excludes halogenated alkanes) is 17. The highest BCUT2D eigenvalue weighted by Gasteiger charge is 2.47. The number of nitrogens with one attached hydrogen (secondary N) is 1. The number of carbonyl (C=O) groups is 2. The minimum atomic E-state index is -1.64. The summed E-state index contributed by atoms with van der Waals surface area (Å²) in [5, 5.41) is 56.8. The summed E-state index contributed by atoms with van der Waals surface area (Å²) in [6, 6.07) is -1.05. The quantitative estimate of drug-likeness (QED) is 0.0149. The SMILES string of the molecule is CC/C=C\C/C=C\C/C=C\C/C=C\C/C=C\CCCCC(O)C(=O)NC(COC1OC(CO)C(O)C(O)C1OC(=O)CCCCCCC\C=C/C=C/C=C/C=C/CC)C(O)/C=C/CCCCCCCCCCCC. The molecule has 0 radical (unpaired) electrons. The van der Waals surface area contributed by atoms with Gasteiger partial charge in [-0.2, -0.15) is 0 Å². The van der Waals surface area contributed by atoms with Crippen molar-refractivity contribution in [2.75, 3.05) is 13.2 Å². The van der Waals surface area contributed by atoms with Crippen LogP contribution >= 0.6 is 0 Å². The Labute approximate surface area is 449 Å². The minimum absolute atomic E-state index is 0.0859. The number of ether oxygens (including phenoxy) is 3. The van der Waals surface area contributed by atoms with Crippen LogP contribution in [0.2, 0.25) is 0 Å². The lowest BCUT2D eigenvalue weighted by molar-refractivity contribution is -0.305. The van der Waals surface area contributed by atoms with Crippen molar-refractivity contribution in [1.29, 1.82) is 0 Å². The van der Waals surface area contributed by atoms with Gasteiger partial charge in [0.15, 0.2) is 12.4 Å². The fraction of sp³-hybridized carbons (Fsp3) is 0.651. The van der Waals surface area contributed by atoms with Crippen molar-refractivity contribution in [3.8, 4) is 0 Å². The van der Waals surface area contributed by atoms with Crippen molar-refractivity contribution in [3.05, 3.63) is 122 Å². The van der Waals surface area contributed by atoms with E-state index in [4.69, 9.17) is 14.2 Å². The van der Waals surface area contributed by atoms with Gasteiger partial charge in [0.25, 0.3) is 0 Å². The molecule has 1 heterocycles. The number of carbonyl (C=O) groups excluding carboxylic acids is 2. The lowest BCUT2D eigenvalue weighted by atomic mass is 9.99. The number of allylic oxidation sites excluding steroid dienone is 19. The zero-order valence-electron chi connectivity index (χ0n) is 46.2. The smallest absolute Gasteiger partial charge is 0.306 e. The van der Waals surface area contributed by atoms with Crippen molar-refractivity contribution in [3.63, 3.8) is 0 Å². The Bertz CT molecular complexity index is 1660. The van der Waals surface area contributed by atoms with E-state index in [1.54, 1.807) is 6.08 Å². The van der Waals surface area contributed by atoms with Gasteiger partial charge in [0, 0.05) is 6.42 Å². The van der Waals surface area contributed by atoms with Crippen molar-refractivity contribution in [2.45, 2.75) is 250 Å². The number of hydrogen-bond donors (Lipinski definition) is 6. The van der Waals surface area contributed by atoms with E-state index in [0.29, 0.717) is 12.8 Å². The third-order valence-electron chi connectivity index (χ3n) is 12.7. The summed E-state index contributed by atoms with van der Waals surface area (Å²) >= 11 is 0. The number of esters is 1. The van der Waals surface area contributed by atoms with Gasteiger partial charge in [-0.1, -0.05) is 226 Å². The molecule has 8 unspecified atom stereocenters. The summed E-state index contributed by atoms with van der Waals surface area (Å²) in [5.41, 5.74) is 0. The standard InChI is InChI=1S/C63H103NO10/c1-4-7-10-13-16-19-22-25-27-28-29-31-32-35-38-41-44-47-50-56(67)62(71)64-54(55(66)49-46-43-40-37-34-24-21-18-15-12-9-6-3)53-72-63-61(60(70)59(69)57(52-65)73-63)74-58(68)51-48-45-42-39-36-33-30-26-23-20-17-14-11-8-5-2/h7-8,10-11,14,16-17,19-20,23,25-27,29-31,35,38,46,49,54-57,59-61,63,65-67,69-70H,4-6,9,12-13,15,18,21-22,24,28,32-34,36-37,39-45,47-48,50-53H2,1-3H3,(H,64,71)/b10-7-,11-8+,17-14+,19-16-,23-20+,27-25-,30-26-,31-29-,38-35-,49-46+. The van der Waals surface area contributed by atoms with E-state index < -0.39 is 67.4 Å². The fourth-order valence-corrected chi connectivity index (χ4v) is 8.16. The lowest BCUT2D eigenvalue weighted by Gasteiger charge is -2.41. The largest absolute Gasteiger partial charge is 0.454 e. The molecule has 8 atom stereocenters. The first kappa shape index (κ1) is 68.1. The number of rotatable bonds is 46. The second kappa shape index (κ2) is 49.9. The Kier molecular flexibility index (Phi) is 45.9. The van der Waals surface area contributed by atoms with E-state index in [1.807, 2.05) is 42.5 Å². The van der Waals surface area contributed by atoms with Gasteiger partial charge < -0.3 is 45.1 Å². The van der Waals surface area contributed by atoms with Crippen LogP contribution in [0.3, 0.4) is 0 Å². The predicted molar refractivity (Wildman–Crippen MR) is 305 cm³/mol. The Hall–Kier alpha value is -3.94. The predicted octanol–water partition coefficient (Wildman–Crippen LogP) is 13.1. The van der Waals surface area contributed by atoms with Gasteiger partial charge in [0.1, 0.15) is 24.4 Å². The van der Waals surface area contributed by atoms with Crippen molar-refractivity contribution >= 4 is 11.9 Å². The van der Waals surface area contributed by atoms with E-state index in [9.17, 15) is 35.1 Å². The van der Waals surface area contributed by atoms with Gasteiger partial charge in [-0.3, -0.25) is 9.59 Å². The summed E-state index contributed by atoms with van der Waals surface area (Å²) in [7, 11) is 0. The molecule has 1 aliphatic heterocycles. The monoisotopic (exact) mass is 1030 g/mol. The van der Waals surface area contributed by atoms with Crippen molar-refractivity contribution < 1.29 is 49.3 Å². The van der Waals surface area contributed by atoms with E-state index in [0.717, 1.165) is 109 Å². The number of hydrogen-bond acceptors (Lipinski definition) is 10. The summed E-state index contributed by atoms with van der Waals surface area (Å²) < 4.78 is 17.5. The van der Waals surface area contributed by atoms with Crippen LogP contribution in [0.25, 0.3) is 0 Å². The van der Waals surface area contributed by atoms with E-state index >= 15 is 0 Å². The molecule has 6 N–H and O–H groups in total. The van der Waals surface area contributed by atoms with Crippen LogP contribution in [0.4, 0.5) is 0 Å².